The second-order valence-electron chi connectivity index (χ2n) is 5.54. The van der Waals surface area contributed by atoms with Crippen LogP contribution in [-0.2, 0) is 11.3 Å². The zero-order valence-corrected chi connectivity index (χ0v) is 13.4. The Kier molecular flexibility index (Phi) is 4.45. The summed E-state index contributed by atoms with van der Waals surface area (Å²) in [6.07, 6.45) is 0.864. The molecule has 1 saturated heterocycles. The van der Waals surface area contributed by atoms with Crippen LogP contribution in [0.15, 0.2) is 28.7 Å². The van der Waals surface area contributed by atoms with Crippen LogP contribution in [0.3, 0.4) is 0 Å². The van der Waals surface area contributed by atoms with E-state index in [0.717, 1.165) is 24.3 Å². The number of ether oxygens (including phenoxy) is 1. The van der Waals surface area contributed by atoms with E-state index in [1.54, 1.807) is 14.0 Å². The van der Waals surface area contributed by atoms with Gasteiger partial charge in [0.05, 0.1) is 7.11 Å². The van der Waals surface area contributed by atoms with Crippen LogP contribution in [0.5, 0.6) is 5.75 Å². The predicted octanol–water partition coefficient (Wildman–Crippen LogP) is 1.63. The highest BCUT2D eigenvalue weighted by Crippen LogP contribution is 2.17. The normalized spacial score (nSPS) is 15.7. The first-order valence-electron chi connectivity index (χ1n) is 7.61. The number of anilines is 1. The number of nitrogens with zero attached hydrogens (tertiary/aromatic N) is 4. The Morgan fingerprint density at radius 1 is 1.22 bits per heavy atom. The molecule has 0 radical (unpaired) electrons. The molecule has 1 aliphatic heterocycles. The van der Waals surface area contributed by atoms with E-state index >= 15 is 0 Å². The standard InChI is InChI=1S/C16H20N4O3/c1-12-17-18-16(23-12)20-9-3-8-19(15(21)11-20)10-13-4-6-14(22-2)7-5-13/h4-7H,3,8-11H2,1-2H3. The minimum absolute atomic E-state index is 0.0640. The Balaban J connectivity index is 1.66. The molecule has 0 N–H and O–H groups in total. The van der Waals surface area contributed by atoms with E-state index in [4.69, 9.17) is 9.15 Å². The molecule has 0 aliphatic carbocycles. The van der Waals surface area contributed by atoms with Gasteiger partial charge in [0.15, 0.2) is 0 Å². The molecule has 2 aromatic rings. The fourth-order valence-electron chi connectivity index (χ4n) is 2.62. The van der Waals surface area contributed by atoms with Gasteiger partial charge >= 0.3 is 6.01 Å². The molecule has 1 fully saturated rings. The van der Waals surface area contributed by atoms with Crippen LogP contribution in [0.4, 0.5) is 6.01 Å². The highest BCUT2D eigenvalue weighted by Gasteiger charge is 2.24. The van der Waals surface area contributed by atoms with Gasteiger partial charge in [0, 0.05) is 26.6 Å². The summed E-state index contributed by atoms with van der Waals surface area (Å²) in [5.41, 5.74) is 1.08. The maximum atomic E-state index is 12.5. The van der Waals surface area contributed by atoms with Crippen molar-refractivity contribution in [3.63, 3.8) is 0 Å². The SMILES string of the molecule is COc1ccc(CN2CCCN(c3nnc(C)o3)CC2=O)cc1. The number of aromatic nitrogens is 2. The summed E-state index contributed by atoms with van der Waals surface area (Å²) in [4.78, 5) is 16.2. The molecule has 3 rings (SSSR count). The second-order valence-corrected chi connectivity index (χ2v) is 5.54. The van der Waals surface area contributed by atoms with Gasteiger partial charge in [-0.25, -0.2) is 0 Å². The molecule has 1 aliphatic rings. The molecule has 0 unspecified atom stereocenters. The Morgan fingerprint density at radius 2 is 2.00 bits per heavy atom. The van der Waals surface area contributed by atoms with Gasteiger partial charge in [0.1, 0.15) is 12.3 Å². The van der Waals surface area contributed by atoms with E-state index in [0.29, 0.717) is 25.0 Å². The van der Waals surface area contributed by atoms with E-state index < -0.39 is 0 Å². The van der Waals surface area contributed by atoms with E-state index in [2.05, 4.69) is 10.2 Å². The molecular formula is C16H20N4O3. The van der Waals surface area contributed by atoms with E-state index in [1.807, 2.05) is 34.1 Å². The van der Waals surface area contributed by atoms with E-state index in [9.17, 15) is 4.79 Å². The minimum atomic E-state index is 0.0640. The highest BCUT2D eigenvalue weighted by atomic mass is 16.5. The van der Waals surface area contributed by atoms with E-state index in [1.165, 1.54) is 0 Å². The van der Waals surface area contributed by atoms with Gasteiger partial charge in [0.2, 0.25) is 11.8 Å². The van der Waals surface area contributed by atoms with Crippen LogP contribution in [0.25, 0.3) is 0 Å². The van der Waals surface area contributed by atoms with Gasteiger partial charge in [-0.2, -0.15) is 0 Å². The van der Waals surface area contributed by atoms with Crippen LogP contribution in [0, 0.1) is 6.92 Å². The lowest BCUT2D eigenvalue weighted by Gasteiger charge is -2.21. The molecule has 1 aromatic carbocycles. The van der Waals surface area contributed by atoms with Crippen LogP contribution >= 0.6 is 0 Å². The van der Waals surface area contributed by atoms with Crippen LogP contribution in [0.2, 0.25) is 0 Å². The molecule has 1 amide bonds. The lowest BCUT2D eigenvalue weighted by Crippen LogP contribution is -2.36. The molecule has 0 atom stereocenters. The van der Waals surface area contributed by atoms with Gasteiger partial charge in [-0.3, -0.25) is 4.79 Å². The van der Waals surface area contributed by atoms with E-state index in [-0.39, 0.29) is 12.5 Å². The predicted molar refractivity (Wildman–Crippen MR) is 84.3 cm³/mol. The summed E-state index contributed by atoms with van der Waals surface area (Å²) >= 11 is 0. The van der Waals surface area contributed by atoms with Crippen molar-refractivity contribution in [3.05, 3.63) is 35.7 Å². The van der Waals surface area contributed by atoms with Crippen molar-refractivity contribution in [2.24, 2.45) is 0 Å². The number of rotatable bonds is 4. The lowest BCUT2D eigenvalue weighted by molar-refractivity contribution is -0.129. The van der Waals surface area contributed by atoms with Crippen LogP contribution < -0.4 is 9.64 Å². The first kappa shape index (κ1) is 15.3. The Morgan fingerprint density at radius 3 is 2.65 bits per heavy atom. The molecule has 23 heavy (non-hydrogen) atoms. The Bertz CT molecular complexity index is 668. The molecular weight excluding hydrogens is 296 g/mol. The third kappa shape index (κ3) is 3.61. The average Bonchev–Trinajstić information content (AvgIpc) is 2.91. The van der Waals surface area contributed by atoms with Crippen molar-refractivity contribution in [1.29, 1.82) is 0 Å². The molecule has 0 spiro atoms. The van der Waals surface area contributed by atoms with Crippen molar-refractivity contribution < 1.29 is 13.9 Å². The quantitative estimate of drug-likeness (QED) is 0.853. The van der Waals surface area contributed by atoms with Gasteiger partial charge in [-0.05, 0) is 24.1 Å². The van der Waals surface area contributed by atoms with Crippen LogP contribution in [0.1, 0.15) is 17.9 Å². The summed E-state index contributed by atoms with van der Waals surface area (Å²) in [5.74, 6) is 1.38. The molecule has 1 aromatic heterocycles. The first-order valence-corrected chi connectivity index (χ1v) is 7.61. The number of hydrogen-bond acceptors (Lipinski definition) is 6. The number of amides is 1. The summed E-state index contributed by atoms with van der Waals surface area (Å²) in [5, 5.41) is 7.82. The van der Waals surface area contributed by atoms with Gasteiger partial charge in [0.25, 0.3) is 0 Å². The van der Waals surface area contributed by atoms with Gasteiger partial charge < -0.3 is 19.0 Å². The average molecular weight is 316 g/mol. The number of methoxy groups -OCH3 is 1. The zero-order valence-electron chi connectivity index (χ0n) is 13.4. The topological polar surface area (TPSA) is 71.7 Å². The Hall–Kier alpha value is -2.57. The third-order valence-electron chi connectivity index (χ3n) is 3.85. The van der Waals surface area contributed by atoms with Crippen molar-refractivity contribution in [1.82, 2.24) is 15.1 Å². The molecule has 0 bridgehead atoms. The van der Waals surface area contributed by atoms with Crippen LogP contribution in [-0.4, -0.2) is 47.7 Å². The molecule has 2 heterocycles. The number of carbonyl (C=O) groups is 1. The highest BCUT2D eigenvalue weighted by molar-refractivity contribution is 5.81. The largest absolute Gasteiger partial charge is 0.497 e. The second kappa shape index (κ2) is 6.68. The molecule has 7 heteroatoms. The number of carbonyl (C=O) groups excluding carboxylic acids is 1. The first-order chi connectivity index (χ1) is 11.2. The molecule has 0 saturated carbocycles. The fraction of sp³-hybridized carbons (Fsp3) is 0.438. The maximum Gasteiger partial charge on any atom is 0.318 e. The number of aryl methyl sites for hydroxylation is 1. The number of hydrogen-bond donors (Lipinski definition) is 0. The van der Waals surface area contributed by atoms with Crippen molar-refractivity contribution in [3.8, 4) is 5.75 Å². The summed E-state index contributed by atoms with van der Waals surface area (Å²) in [6, 6.07) is 8.20. The summed E-state index contributed by atoms with van der Waals surface area (Å²) in [6.45, 7) is 4.05. The van der Waals surface area contributed by atoms with Crippen molar-refractivity contribution >= 4 is 11.9 Å². The maximum absolute atomic E-state index is 12.5. The monoisotopic (exact) mass is 316 g/mol. The lowest BCUT2D eigenvalue weighted by atomic mass is 10.2. The summed E-state index contributed by atoms with van der Waals surface area (Å²) in [7, 11) is 1.64. The third-order valence-corrected chi connectivity index (χ3v) is 3.85. The molecule has 122 valence electrons. The number of benzene rings is 1. The van der Waals surface area contributed by atoms with Gasteiger partial charge in [-0.15, -0.1) is 5.10 Å². The van der Waals surface area contributed by atoms with Gasteiger partial charge in [-0.1, -0.05) is 17.2 Å². The fourth-order valence-corrected chi connectivity index (χ4v) is 2.62. The molecule has 7 nitrogen and oxygen atoms in total. The summed E-state index contributed by atoms with van der Waals surface area (Å²) < 4.78 is 10.6. The smallest absolute Gasteiger partial charge is 0.318 e. The van der Waals surface area contributed by atoms with Crippen molar-refractivity contribution in [2.45, 2.75) is 19.9 Å². The Labute approximate surface area is 134 Å². The zero-order chi connectivity index (χ0) is 16.2. The minimum Gasteiger partial charge on any atom is -0.497 e. The van der Waals surface area contributed by atoms with Crippen molar-refractivity contribution in [2.75, 3.05) is 31.6 Å².